The van der Waals surface area contributed by atoms with Gasteiger partial charge in [0.15, 0.2) is 5.82 Å². The number of aromatic nitrogens is 3. The van der Waals surface area contributed by atoms with Crippen LogP contribution in [0, 0.1) is 0 Å². The maximum atomic E-state index is 11.6. The van der Waals surface area contributed by atoms with Crippen molar-refractivity contribution in [3.8, 4) is 5.69 Å². The number of rotatable bonds is 2. The molecule has 1 aromatic carbocycles. The maximum absolute atomic E-state index is 11.6. The van der Waals surface area contributed by atoms with Crippen LogP contribution in [0.1, 0.15) is 20.8 Å². The van der Waals surface area contributed by atoms with Crippen LogP contribution < -0.4 is 5.32 Å². The van der Waals surface area contributed by atoms with Gasteiger partial charge in [0.25, 0.3) is 0 Å². The van der Waals surface area contributed by atoms with Gasteiger partial charge in [0.2, 0.25) is 0 Å². The molecule has 0 radical (unpaired) electrons. The van der Waals surface area contributed by atoms with Crippen LogP contribution in [-0.2, 0) is 4.74 Å². The standard InChI is InChI=1S/C13H15BrN4O2/c1-13(2,3)20-12(19)15-11-8-18(17-16-11)10-6-4-5-9(14)7-10/h4-8H,1-3H3,(H,15,19). The third-order valence-electron chi connectivity index (χ3n) is 2.20. The Kier molecular flexibility index (Phi) is 4.08. The molecule has 0 spiro atoms. The number of hydrogen-bond donors (Lipinski definition) is 1. The summed E-state index contributed by atoms with van der Waals surface area (Å²) in [4.78, 5) is 11.6. The lowest BCUT2D eigenvalue weighted by molar-refractivity contribution is 0.0635. The molecule has 0 aliphatic heterocycles. The smallest absolute Gasteiger partial charge is 0.413 e. The van der Waals surface area contributed by atoms with Crippen molar-refractivity contribution >= 4 is 27.8 Å². The zero-order valence-electron chi connectivity index (χ0n) is 11.4. The zero-order chi connectivity index (χ0) is 14.8. The summed E-state index contributed by atoms with van der Waals surface area (Å²) >= 11 is 3.39. The number of carbonyl (C=O) groups excluding carboxylic acids is 1. The molecular weight excluding hydrogens is 324 g/mol. The summed E-state index contributed by atoms with van der Waals surface area (Å²) in [5.41, 5.74) is 0.286. The highest BCUT2D eigenvalue weighted by Gasteiger charge is 2.17. The van der Waals surface area contributed by atoms with E-state index in [1.807, 2.05) is 24.3 Å². The van der Waals surface area contributed by atoms with E-state index in [0.717, 1.165) is 10.2 Å². The van der Waals surface area contributed by atoms with Crippen LogP contribution in [0.15, 0.2) is 34.9 Å². The molecule has 1 aromatic heterocycles. The van der Waals surface area contributed by atoms with Crippen LogP contribution in [0.5, 0.6) is 0 Å². The molecule has 0 unspecified atom stereocenters. The number of ether oxygens (including phenoxy) is 1. The molecular formula is C13H15BrN4O2. The quantitative estimate of drug-likeness (QED) is 0.911. The summed E-state index contributed by atoms with van der Waals surface area (Å²) < 4.78 is 7.65. The lowest BCUT2D eigenvalue weighted by Crippen LogP contribution is -2.27. The third kappa shape index (κ3) is 4.06. The van der Waals surface area contributed by atoms with Gasteiger partial charge in [0.1, 0.15) is 5.60 Å². The second kappa shape index (κ2) is 5.62. The number of benzene rings is 1. The molecule has 1 heterocycles. The van der Waals surface area contributed by atoms with E-state index in [9.17, 15) is 4.79 Å². The summed E-state index contributed by atoms with van der Waals surface area (Å²) in [5.74, 6) is 0.333. The summed E-state index contributed by atoms with van der Waals surface area (Å²) in [6, 6.07) is 7.59. The molecule has 0 fully saturated rings. The van der Waals surface area contributed by atoms with Crippen molar-refractivity contribution in [1.82, 2.24) is 15.0 Å². The Hall–Kier alpha value is -1.89. The number of halogens is 1. The number of nitrogens with zero attached hydrogens (tertiary/aromatic N) is 3. The Morgan fingerprint density at radius 2 is 2.15 bits per heavy atom. The van der Waals surface area contributed by atoms with Crippen molar-refractivity contribution in [2.45, 2.75) is 26.4 Å². The van der Waals surface area contributed by atoms with Gasteiger partial charge in [-0.3, -0.25) is 5.32 Å². The molecule has 106 valence electrons. The van der Waals surface area contributed by atoms with Gasteiger partial charge >= 0.3 is 6.09 Å². The van der Waals surface area contributed by atoms with Crippen LogP contribution in [0.2, 0.25) is 0 Å². The molecule has 0 saturated heterocycles. The zero-order valence-corrected chi connectivity index (χ0v) is 13.0. The molecule has 7 heteroatoms. The lowest BCUT2D eigenvalue weighted by atomic mass is 10.2. The van der Waals surface area contributed by atoms with E-state index in [2.05, 4.69) is 31.6 Å². The maximum Gasteiger partial charge on any atom is 0.413 e. The summed E-state index contributed by atoms with van der Waals surface area (Å²) in [6.07, 6.45) is 1.06. The first kappa shape index (κ1) is 14.5. The van der Waals surface area contributed by atoms with Gasteiger partial charge < -0.3 is 4.74 Å². The van der Waals surface area contributed by atoms with Crippen molar-refractivity contribution in [3.63, 3.8) is 0 Å². The van der Waals surface area contributed by atoms with E-state index < -0.39 is 11.7 Å². The minimum Gasteiger partial charge on any atom is -0.444 e. The Morgan fingerprint density at radius 3 is 2.80 bits per heavy atom. The second-order valence-corrected chi connectivity index (χ2v) is 6.07. The first-order chi connectivity index (χ1) is 9.33. The van der Waals surface area contributed by atoms with E-state index in [-0.39, 0.29) is 0 Å². The van der Waals surface area contributed by atoms with Crippen molar-refractivity contribution in [2.75, 3.05) is 5.32 Å². The van der Waals surface area contributed by atoms with Crippen molar-refractivity contribution in [2.24, 2.45) is 0 Å². The molecule has 1 amide bonds. The Labute approximate surface area is 125 Å². The fourth-order valence-corrected chi connectivity index (χ4v) is 1.86. The molecule has 2 rings (SSSR count). The minimum atomic E-state index is -0.557. The molecule has 0 aliphatic carbocycles. The Morgan fingerprint density at radius 1 is 1.40 bits per heavy atom. The van der Waals surface area contributed by atoms with E-state index in [1.54, 1.807) is 31.6 Å². The molecule has 1 N–H and O–H groups in total. The number of amides is 1. The van der Waals surface area contributed by atoms with E-state index in [0.29, 0.717) is 5.82 Å². The number of carbonyl (C=O) groups is 1. The monoisotopic (exact) mass is 338 g/mol. The fourth-order valence-electron chi connectivity index (χ4n) is 1.47. The molecule has 0 saturated carbocycles. The summed E-state index contributed by atoms with van der Waals surface area (Å²) in [7, 11) is 0. The molecule has 20 heavy (non-hydrogen) atoms. The third-order valence-corrected chi connectivity index (χ3v) is 2.69. The fraction of sp³-hybridized carbons (Fsp3) is 0.308. The average Bonchev–Trinajstić information content (AvgIpc) is 2.74. The molecule has 0 aliphatic rings. The second-order valence-electron chi connectivity index (χ2n) is 5.16. The minimum absolute atomic E-state index is 0.333. The first-order valence-corrected chi connectivity index (χ1v) is 6.81. The highest BCUT2D eigenvalue weighted by molar-refractivity contribution is 9.10. The topological polar surface area (TPSA) is 69.0 Å². The Balaban J connectivity index is 2.08. The highest BCUT2D eigenvalue weighted by atomic mass is 79.9. The number of anilines is 1. The summed E-state index contributed by atoms with van der Waals surface area (Å²) in [6.45, 7) is 5.39. The molecule has 2 aromatic rings. The van der Waals surface area contributed by atoms with E-state index >= 15 is 0 Å². The Bertz CT molecular complexity index is 619. The van der Waals surface area contributed by atoms with Crippen LogP contribution in [0.25, 0.3) is 5.69 Å². The normalized spacial score (nSPS) is 11.2. The van der Waals surface area contributed by atoms with Crippen LogP contribution in [0.3, 0.4) is 0 Å². The van der Waals surface area contributed by atoms with Crippen LogP contribution in [-0.4, -0.2) is 26.7 Å². The number of hydrogen-bond acceptors (Lipinski definition) is 4. The van der Waals surface area contributed by atoms with Gasteiger partial charge in [-0.05, 0) is 39.0 Å². The SMILES string of the molecule is CC(C)(C)OC(=O)Nc1cn(-c2cccc(Br)c2)nn1. The van der Waals surface area contributed by atoms with Gasteiger partial charge in [-0.2, -0.15) is 0 Å². The summed E-state index contributed by atoms with van der Waals surface area (Å²) in [5, 5.41) is 10.4. The van der Waals surface area contributed by atoms with E-state index in [4.69, 9.17) is 4.74 Å². The predicted octanol–water partition coefficient (Wildman–Crippen LogP) is 3.38. The largest absolute Gasteiger partial charge is 0.444 e. The van der Waals surface area contributed by atoms with Gasteiger partial charge in [0.05, 0.1) is 11.9 Å². The molecule has 0 atom stereocenters. The average molecular weight is 339 g/mol. The van der Waals surface area contributed by atoms with Crippen LogP contribution in [0.4, 0.5) is 10.6 Å². The van der Waals surface area contributed by atoms with Crippen LogP contribution >= 0.6 is 15.9 Å². The predicted molar refractivity (Wildman–Crippen MR) is 78.9 cm³/mol. The van der Waals surface area contributed by atoms with Gasteiger partial charge in [0, 0.05) is 4.47 Å². The van der Waals surface area contributed by atoms with Crippen molar-refractivity contribution < 1.29 is 9.53 Å². The van der Waals surface area contributed by atoms with Gasteiger partial charge in [-0.15, -0.1) is 5.10 Å². The van der Waals surface area contributed by atoms with Crippen molar-refractivity contribution in [1.29, 1.82) is 0 Å². The van der Waals surface area contributed by atoms with E-state index in [1.165, 1.54) is 0 Å². The van der Waals surface area contributed by atoms with Crippen molar-refractivity contribution in [3.05, 3.63) is 34.9 Å². The number of nitrogens with one attached hydrogen (secondary N) is 1. The highest BCUT2D eigenvalue weighted by Crippen LogP contribution is 2.16. The molecule has 0 bridgehead atoms. The first-order valence-electron chi connectivity index (χ1n) is 6.02. The van der Waals surface area contributed by atoms with Gasteiger partial charge in [-0.1, -0.05) is 27.2 Å². The molecule has 6 nitrogen and oxygen atoms in total. The van der Waals surface area contributed by atoms with Gasteiger partial charge in [-0.25, -0.2) is 9.48 Å². The lowest BCUT2D eigenvalue weighted by Gasteiger charge is -2.18.